The Bertz CT molecular complexity index is 309. The summed E-state index contributed by atoms with van der Waals surface area (Å²) in [5, 5.41) is 3.50. The maximum atomic E-state index is 5.58. The first-order valence-corrected chi connectivity index (χ1v) is 6.21. The van der Waals surface area contributed by atoms with Crippen molar-refractivity contribution < 1.29 is 4.42 Å². The summed E-state index contributed by atoms with van der Waals surface area (Å²) in [7, 11) is 0. The quantitative estimate of drug-likeness (QED) is 0.814. The molecule has 0 saturated heterocycles. The number of aryl methyl sites for hydroxylation is 1. The Balaban J connectivity index is 2.65. The van der Waals surface area contributed by atoms with Crippen molar-refractivity contribution in [3.63, 3.8) is 0 Å². The van der Waals surface area contributed by atoms with Gasteiger partial charge in [0.15, 0.2) is 0 Å². The highest BCUT2D eigenvalue weighted by Gasteiger charge is 2.19. The van der Waals surface area contributed by atoms with E-state index in [9.17, 15) is 0 Å². The molecule has 1 N–H and O–H groups in total. The van der Waals surface area contributed by atoms with E-state index in [-0.39, 0.29) is 0 Å². The Morgan fingerprint density at radius 1 is 1.38 bits per heavy atom. The van der Waals surface area contributed by atoms with Gasteiger partial charge in [0.25, 0.3) is 0 Å². The lowest BCUT2D eigenvalue weighted by molar-refractivity contribution is 0.312. The van der Waals surface area contributed by atoms with Crippen LogP contribution in [0.2, 0.25) is 0 Å². The van der Waals surface area contributed by atoms with Crippen LogP contribution in [0.25, 0.3) is 0 Å². The van der Waals surface area contributed by atoms with Gasteiger partial charge in [0.05, 0.1) is 12.3 Å². The van der Waals surface area contributed by atoms with Crippen molar-refractivity contribution in [1.29, 1.82) is 0 Å². The maximum Gasteiger partial charge on any atom is 0.123 e. The maximum absolute atomic E-state index is 5.58. The third kappa shape index (κ3) is 4.01. The molecule has 0 spiro atoms. The van der Waals surface area contributed by atoms with E-state index >= 15 is 0 Å². The molecule has 2 nitrogen and oxygen atoms in total. The fourth-order valence-corrected chi connectivity index (χ4v) is 1.89. The molecule has 1 unspecified atom stereocenters. The van der Waals surface area contributed by atoms with Crippen molar-refractivity contribution >= 4 is 0 Å². The SMILES string of the molecule is CCNC(CCC(C)(C)C)c1occc1C. The van der Waals surface area contributed by atoms with Gasteiger partial charge in [-0.2, -0.15) is 0 Å². The molecule has 2 heteroatoms. The molecule has 0 bridgehead atoms. The van der Waals surface area contributed by atoms with E-state index in [2.05, 4.69) is 39.9 Å². The van der Waals surface area contributed by atoms with Gasteiger partial charge < -0.3 is 9.73 Å². The fraction of sp³-hybridized carbons (Fsp3) is 0.714. The largest absolute Gasteiger partial charge is 0.467 e. The summed E-state index contributed by atoms with van der Waals surface area (Å²) < 4.78 is 5.58. The van der Waals surface area contributed by atoms with Gasteiger partial charge in [0, 0.05) is 0 Å². The van der Waals surface area contributed by atoms with Gasteiger partial charge >= 0.3 is 0 Å². The highest BCUT2D eigenvalue weighted by Crippen LogP contribution is 2.29. The zero-order valence-corrected chi connectivity index (χ0v) is 11.3. The standard InChI is InChI=1S/C14H25NO/c1-6-15-12(7-9-14(3,4)5)13-11(2)8-10-16-13/h8,10,12,15H,6-7,9H2,1-5H3. The van der Waals surface area contributed by atoms with Gasteiger partial charge in [-0.05, 0) is 43.4 Å². The molecule has 0 aromatic carbocycles. The first kappa shape index (κ1) is 13.3. The first-order chi connectivity index (χ1) is 7.44. The van der Waals surface area contributed by atoms with Gasteiger partial charge in [0.1, 0.15) is 5.76 Å². The van der Waals surface area contributed by atoms with Crippen molar-refractivity contribution in [1.82, 2.24) is 5.32 Å². The predicted molar refractivity (Wildman–Crippen MR) is 68.6 cm³/mol. The van der Waals surface area contributed by atoms with Gasteiger partial charge in [0.2, 0.25) is 0 Å². The zero-order chi connectivity index (χ0) is 12.2. The van der Waals surface area contributed by atoms with Crippen molar-refractivity contribution in [2.75, 3.05) is 6.54 Å². The molecule has 1 rings (SSSR count). The van der Waals surface area contributed by atoms with Gasteiger partial charge in [-0.1, -0.05) is 27.7 Å². The van der Waals surface area contributed by atoms with E-state index in [0.29, 0.717) is 11.5 Å². The molecule has 1 atom stereocenters. The molecule has 0 fully saturated rings. The summed E-state index contributed by atoms with van der Waals surface area (Å²) in [5.41, 5.74) is 1.63. The van der Waals surface area contributed by atoms with Crippen molar-refractivity contribution in [3.8, 4) is 0 Å². The number of hydrogen-bond acceptors (Lipinski definition) is 2. The van der Waals surface area contributed by atoms with Crippen LogP contribution >= 0.6 is 0 Å². The van der Waals surface area contributed by atoms with Crippen molar-refractivity contribution in [2.45, 2.75) is 53.5 Å². The summed E-state index contributed by atoms with van der Waals surface area (Å²) in [4.78, 5) is 0. The van der Waals surface area contributed by atoms with E-state index < -0.39 is 0 Å². The van der Waals surface area contributed by atoms with Gasteiger partial charge in [-0.3, -0.25) is 0 Å². The Kier molecular flexibility index (Phi) is 4.60. The highest BCUT2D eigenvalue weighted by atomic mass is 16.3. The number of hydrogen-bond donors (Lipinski definition) is 1. The van der Waals surface area contributed by atoms with E-state index in [1.165, 1.54) is 12.0 Å². The summed E-state index contributed by atoms with van der Waals surface area (Å²) in [5.74, 6) is 1.10. The molecular formula is C14H25NO. The van der Waals surface area contributed by atoms with Crippen LogP contribution in [-0.2, 0) is 0 Å². The molecule has 0 aliphatic heterocycles. The van der Waals surface area contributed by atoms with Crippen LogP contribution in [0.5, 0.6) is 0 Å². The van der Waals surface area contributed by atoms with Crippen molar-refractivity contribution in [3.05, 3.63) is 23.7 Å². The molecule has 0 aliphatic carbocycles. The Morgan fingerprint density at radius 2 is 2.06 bits per heavy atom. The second-order valence-corrected chi connectivity index (χ2v) is 5.68. The van der Waals surface area contributed by atoms with Crippen LogP contribution in [0.15, 0.2) is 16.7 Å². The van der Waals surface area contributed by atoms with E-state index in [1.807, 2.05) is 6.07 Å². The molecule has 1 heterocycles. The third-order valence-electron chi connectivity index (χ3n) is 2.85. The third-order valence-corrected chi connectivity index (χ3v) is 2.85. The lowest BCUT2D eigenvalue weighted by atomic mass is 9.88. The summed E-state index contributed by atoms with van der Waals surface area (Å²) in [6.07, 6.45) is 4.11. The topological polar surface area (TPSA) is 25.2 Å². The molecule has 0 aliphatic rings. The van der Waals surface area contributed by atoms with Crippen LogP contribution < -0.4 is 5.32 Å². The number of rotatable bonds is 5. The molecule has 16 heavy (non-hydrogen) atoms. The average molecular weight is 223 g/mol. The normalized spacial score (nSPS) is 14.1. The lowest BCUT2D eigenvalue weighted by Crippen LogP contribution is -2.22. The van der Waals surface area contributed by atoms with Crippen molar-refractivity contribution in [2.24, 2.45) is 5.41 Å². The average Bonchev–Trinajstić information content (AvgIpc) is 2.57. The molecule has 1 aromatic rings. The lowest BCUT2D eigenvalue weighted by Gasteiger charge is -2.23. The minimum absolute atomic E-state index is 0.360. The highest BCUT2D eigenvalue weighted by molar-refractivity contribution is 5.18. The van der Waals surface area contributed by atoms with Gasteiger partial charge in [-0.15, -0.1) is 0 Å². The molecule has 1 aromatic heterocycles. The minimum Gasteiger partial charge on any atom is -0.467 e. The molecule has 92 valence electrons. The summed E-state index contributed by atoms with van der Waals surface area (Å²) in [6, 6.07) is 2.40. The Morgan fingerprint density at radius 3 is 2.50 bits per heavy atom. The summed E-state index contributed by atoms with van der Waals surface area (Å²) in [6.45, 7) is 12.1. The predicted octanol–water partition coefficient (Wildman–Crippen LogP) is 4.06. The van der Waals surface area contributed by atoms with Crippen LogP contribution in [0.1, 0.15) is 57.9 Å². The first-order valence-electron chi connectivity index (χ1n) is 6.21. The van der Waals surface area contributed by atoms with E-state index in [1.54, 1.807) is 6.26 Å². The molecule has 0 radical (unpaired) electrons. The second kappa shape index (κ2) is 5.53. The molecular weight excluding hydrogens is 198 g/mol. The molecule has 0 saturated carbocycles. The smallest absolute Gasteiger partial charge is 0.123 e. The van der Waals surface area contributed by atoms with E-state index in [4.69, 9.17) is 4.42 Å². The van der Waals surface area contributed by atoms with Gasteiger partial charge in [-0.25, -0.2) is 0 Å². The zero-order valence-electron chi connectivity index (χ0n) is 11.3. The summed E-state index contributed by atoms with van der Waals surface area (Å²) >= 11 is 0. The minimum atomic E-state index is 0.360. The van der Waals surface area contributed by atoms with Crippen LogP contribution in [0.3, 0.4) is 0 Å². The van der Waals surface area contributed by atoms with Crippen LogP contribution in [0, 0.1) is 12.3 Å². The second-order valence-electron chi connectivity index (χ2n) is 5.68. The number of nitrogens with one attached hydrogen (secondary N) is 1. The Labute approximate surface area is 99.4 Å². The van der Waals surface area contributed by atoms with Crippen LogP contribution in [0.4, 0.5) is 0 Å². The fourth-order valence-electron chi connectivity index (χ4n) is 1.89. The Hall–Kier alpha value is -0.760. The van der Waals surface area contributed by atoms with Crippen LogP contribution in [-0.4, -0.2) is 6.54 Å². The number of furan rings is 1. The monoisotopic (exact) mass is 223 g/mol. The molecule has 0 amide bonds. The van der Waals surface area contributed by atoms with E-state index in [0.717, 1.165) is 18.7 Å².